The molecule has 0 saturated heterocycles. The van der Waals surface area contributed by atoms with Crippen LogP contribution in [0.1, 0.15) is 36.1 Å². The molecule has 0 fully saturated rings. The van der Waals surface area contributed by atoms with Gasteiger partial charge in [-0.15, -0.1) is 5.73 Å². The standard InChI is InChI=1S/C26H33NO3S/c1-8-10-25(19(2)3)27(16-9-11-23-12-14-24(30-7)15-13-23)31(28,29)26-21(5)17-20(4)18-22(26)6/h9-15,17-19,25H,1,16H2,2-7H3/b11-9+/t25-/m1/s1. The summed E-state index contributed by atoms with van der Waals surface area (Å²) in [4.78, 5) is 0.374. The van der Waals surface area contributed by atoms with Crippen LogP contribution in [0.2, 0.25) is 0 Å². The zero-order chi connectivity index (χ0) is 23.2. The number of aryl methyl sites for hydroxylation is 3. The third-order valence-corrected chi connectivity index (χ3v) is 7.36. The molecule has 5 heteroatoms. The number of methoxy groups -OCH3 is 1. The summed E-state index contributed by atoms with van der Waals surface area (Å²) in [6.07, 6.45) is 5.54. The van der Waals surface area contributed by atoms with E-state index < -0.39 is 10.0 Å². The summed E-state index contributed by atoms with van der Waals surface area (Å²) in [7, 11) is -2.12. The molecule has 0 aromatic heterocycles. The minimum Gasteiger partial charge on any atom is -0.497 e. The molecule has 0 N–H and O–H groups in total. The summed E-state index contributed by atoms with van der Waals surface area (Å²) in [5.41, 5.74) is 6.33. The number of rotatable bonds is 9. The first-order valence-electron chi connectivity index (χ1n) is 10.4. The lowest BCUT2D eigenvalue weighted by atomic mass is 10.0. The van der Waals surface area contributed by atoms with E-state index in [2.05, 4.69) is 12.3 Å². The maximum atomic E-state index is 13.8. The van der Waals surface area contributed by atoms with E-state index >= 15 is 0 Å². The Morgan fingerprint density at radius 1 is 1.10 bits per heavy atom. The first kappa shape index (κ1) is 24.7. The number of hydrogen-bond acceptors (Lipinski definition) is 3. The molecule has 0 spiro atoms. The van der Waals surface area contributed by atoms with Gasteiger partial charge in [0.2, 0.25) is 10.0 Å². The van der Waals surface area contributed by atoms with Gasteiger partial charge < -0.3 is 4.74 Å². The lowest BCUT2D eigenvalue weighted by Crippen LogP contribution is -2.42. The van der Waals surface area contributed by atoms with Crippen LogP contribution in [0.5, 0.6) is 5.75 Å². The van der Waals surface area contributed by atoms with Crippen molar-refractivity contribution >= 4 is 16.1 Å². The van der Waals surface area contributed by atoms with Crippen molar-refractivity contribution < 1.29 is 13.2 Å². The van der Waals surface area contributed by atoms with Crippen LogP contribution in [-0.4, -0.2) is 32.4 Å². The summed E-state index contributed by atoms with van der Waals surface area (Å²) in [6, 6.07) is 11.1. The van der Waals surface area contributed by atoms with Gasteiger partial charge in [0.05, 0.1) is 18.0 Å². The van der Waals surface area contributed by atoms with Gasteiger partial charge in [0.25, 0.3) is 0 Å². The van der Waals surface area contributed by atoms with Crippen molar-refractivity contribution in [3.63, 3.8) is 0 Å². The maximum Gasteiger partial charge on any atom is 0.244 e. The third kappa shape index (κ3) is 5.98. The highest BCUT2D eigenvalue weighted by Crippen LogP contribution is 2.29. The molecule has 0 aliphatic heterocycles. The smallest absolute Gasteiger partial charge is 0.244 e. The van der Waals surface area contributed by atoms with Crippen LogP contribution in [0.15, 0.2) is 65.8 Å². The summed E-state index contributed by atoms with van der Waals surface area (Å²) in [5.74, 6) is 0.840. The SMILES string of the molecule is C=C=C[C@H](C(C)C)N(C/C=C/c1ccc(OC)cc1)S(=O)(=O)c1c(C)cc(C)cc1C. The molecule has 4 nitrogen and oxygen atoms in total. The molecule has 2 aromatic carbocycles. The van der Waals surface area contributed by atoms with Gasteiger partial charge in [0.1, 0.15) is 5.75 Å². The fraction of sp³-hybridized carbons (Fsp3) is 0.346. The largest absolute Gasteiger partial charge is 0.497 e. The number of sulfonamides is 1. The van der Waals surface area contributed by atoms with E-state index in [0.29, 0.717) is 4.90 Å². The quantitative estimate of drug-likeness (QED) is 0.472. The molecule has 0 radical (unpaired) electrons. The number of nitrogens with zero attached hydrogens (tertiary/aromatic N) is 1. The van der Waals surface area contributed by atoms with Crippen LogP contribution >= 0.6 is 0 Å². The van der Waals surface area contributed by atoms with Gasteiger partial charge in [0, 0.05) is 6.54 Å². The normalized spacial score (nSPS) is 12.9. The van der Waals surface area contributed by atoms with Gasteiger partial charge in [-0.3, -0.25) is 0 Å². The summed E-state index contributed by atoms with van der Waals surface area (Å²) < 4.78 is 34.4. The van der Waals surface area contributed by atoms with Crippen LogP contribution in [0.25, 0.3) is 6.08 Å². The Morgan fingerprint density at radius 2 is 1.68 bits per heavy atom. The second-order valence-corrected chi connectivity index (χ2v) is 9.91. The van der Waals surface area contributed by atoms with E-state index in [9.17, 15) is 8.42 Å². The lowest BCUT2D eigenvalue weighted by Gasteiger charge is -2.31. The fourth-order valence-corrected chi connectivity index (χ4v) is 5.88. The Kier molecular flexibility index (Phi) is 8.46. The maximum absolute atomic E-state index is 13.8. The van der Waals surface area contributed by atoms with Crippen molar-refractivity contribution in [3.05, 3.63) is 83.1 Å². The van der Waals surface area contributed by atoms with Crippen molar-refractivity contribution in [2.24, 2.45) is 5.92 Å². The molecule has 0 amide bonds. The van der Waals surface area contributed by atoms with Gasteiger partial charge in [-0.2, -0.15) is 4.31 Å². The molecule has 2 rings (SSSR count). The van der Waals surface area contributed by atoms with Crippen molar-refractivity contribution in [2.75, 3.05) is 13.7 Å². The summed E-state index contributed by atoms with van der Waals surface area (Å²) >= 11 is 0. The highest BCUT2D eigenvalue weighted by molar-refractivity contribution is 7.89. The molecule has 0 aliphatic rings. The Labute approximate surface area is 187 Å². The molecule has 166 valence electrons. The Hall–Kier alpha value is -2.59. The van der Waals surface area contributed by atoms with E-state index in [1.807, 2.05) is 83.2 Å². The van der Waals surface area contributed by atoms with E-state index in [4.69, 9.17) is 4.74 Å². The van der Waals surface area contributed by atoms with Gasteiger partial charge in [-0.25, -0.2) is 8.42 Å². The predicted molar refractivity (Wildman–Crippen MR) is 129 cm³/mol. The molecule has 0 bridgehead atoms. The number of benzene rings is 2. The summed E-state index contributed by atoms with van der Waals surface area (Å²) in [5, 5.41) is 0. The number of hydrogen-bond donors (Lipinski definition) is 0. The summed E-state index contributed by atoms with van der Waals surface area (Å²) in [6.45, 7) is 13.6. The van der Waals surface area contributed by atoms with Crippen LogP contribution < -0.4 is 4.74 Å². The zero-order valence-electron chi connectivity index (χ0n) is 19.3. The average molecular weight is 440 g/mol. The molecule has 0 saturated carbocycles. The number of ether oxygens (including phenoxy) is 1. The molecule has 1 atom stereocenters. The Balaban J connectivity index is 2.49. The van der Waals surface area contributed by atoms with E-state index in [0.717, 1.165) is 28.0 Å². The topological polar surface area (TPSA) is 46.6 Å². The fourth-order valence-electron chi connectivity index (χ4n) is 3.81. The van der Waals surface area contributed by atoms with E-state index in [1.165, 1.54) is 0 Å². The van der Waals surface area contributed by atoms with E-state index in [1.54, 1.807) is 17.5 Å². The minimum atomic E-state index is -3.75. The van der Waals surface area contributed by atoms with Crippen molar-refractivity contribution in [1.29, 1.82) is 0 Å². The van der Waals surface area contributed by atoms with E-state index in [-0.39, 0.29) is 18.5 Å². The first-order valence-corrected chi connectivity index (χ1v) is 11.8. The highest BCUT2D eigenvalue weighted by Gasteiger charge is 2.33. The van der Waals surface area contributed by atoms with Crippen LogP contribution in [-0.2, 0) is 10.0 Å². The van der Waals surface area contributed by atoms with Crippen molar-refractivity contribution in [2.45, 2.75) is 45.6 Å². The van der Waals surface area contributed by atoms with Gasteiger partial charge in [0.15, 0.2) is 0 Å². The second kappa shape index (κ2) is 10.6. The van der Waals surface area contributed by atoms with Gasteiger partial charge >= 0.3 is 0 Å². The second-order valence-electron chi connectivity index (χ2n) is 8.08. The predicted octanol–water partition coefficient (Wildman–Crippen LogP) is 5.69. The molecular formula is C26H33NO3S. The highest BCUT2D eigenvalue weighted by atomic mass is 32.2. The van der Waals surface area contributed by atoms with Crippen LogP contribution in [0.4, 0.5) is 0 Å². The Morgan fingerprint density at radius 3 is 2.16 bits per heavy atom. The molecule has 0 aliphatic carbocycles. The lowest BCUT2D eigenvalue weighted by molar-refractivity contribution is 0.324. The molecular weight excluding hydrogens is 406 g/mol. The average Bonchev–Trinajstić information content (AvgIpc) is 2.69. The molecule has 0 heterocycles. The van der Waals surface area contributed by atoms with Crippen LogP contribution in [0, 0.1) is 26.7 Å². The van der Waals surface area contributed by atoms with Crippen molar-refractivity contribution in [3.8, 4) is 5.75 Å². The molecule has 31 heavy (non-hydrogen) atoms. The third-order valence-electron chi connectivity index (χ3n) is 5.19. The Bertz CT molecular complexity index is 1050. The first-order chi connectivity index (χ1) is 14.6. The monoisotopic (exact) mass is 439 g/mol. The zero-order valence-corrected chi connectivity index (χ0v) is 20.2. The minimum absolute atomic E-state index is 0.0597. The van der Waals surface area contributed by atoms with Gasteiger partial charge in [-0.1, -0.05) is 62.4 Å². The van der Waals surface area contributed by atoms with Crippen molar-refractivity contribution in [1.82, 2.24) is 4.31 Å². The molecule has 2 aromatic rings. The van der Waals surface area contributed by atoms with Crippen LogP contribution in [0.3, 0.4) is 0 Å². The van der Waals surface area contributed by atoms with Gasteiger partial charge in [-0.05, 0) is 61.6 Å². The molecule has 0 unspecified atom stereocenters.